The highest BCUT2D eigenvalue weighted by Gasteiger charge is 2.51. The van der Waals surface area contributed by atoms with E-state index in [9.17, 15) is 14.4 Å². The minimum Gasteiger partial charge on any atom is -0.497 e. The van der Waals surface area contributed by atoms with Crippen LogP contribution in [0.5, 0.6) is 11.5 Å². The first-order valence-corrected chi connectivity index (χ1v) is 10.8. The number of hydrogen-bond acceptors (Lipinski definition) is 6. The zero-order chi connectivity index (χ0) is 22.8. The molecule has 2 aromatic carbocycles. The number of hydrogen-bond donors (Lipinski definition) is 0. The van der Waals surface area contributed by atoms with Gasteiger partial charge in [-0.1, -0.05) is 12.1 Å². The Balaban J connectivity index is 1.72. The normalized spacial score (nSPS) is 22.1. The maximum Gasteiger partial charge on any atom is 0.291 e. The zero-order valence-corrected chi connectivity index (χ0v) is 18.5. The number of rotatable bonds is 8. The van der Waals surface area contributed by atoms with Gasteiger partial charge in [0.15, 0.2) is 5.78 Å². The van der Waals surface area contributed by atoms with Gasteiger partial charge in [-0.05, 0) is 54.8 Å². The fraction of sp³-hybridized carbons (Fsp3) is 0.400. The van der Waals surface area contributed by atoms with Crippen molar-refractivity contribution in [2.75, 3.05) is 27.4 Å². The van der Waals surface area contributed by atoms with Gasteiger partial charge in [0.25, 0.3) is 5.91 Å². The highest BCUT2D eigenvalue weighted by Crippen LogP contribution is 2.40. The summed E-state index contributed by atoms with van der Waals surface area (Å²) in [6, 6.07) is 11.7. The first kappa shape index (κ1) is 22.0. The first-order chi connectivity index (χ1) is 15.4. The summed E-state index contributed by atoms with van der Waals surface area (Å²) >= 11 is 0. The van der Waals surface area contributed by atoms with E-state index in [2.05, 4.69) is 0 Å². The number of amides is 1. The van der Waals surface area contributed by atoms with Crippen molar-refractivity contribution in [3.8, 4) is 11.5 Å². The molecular weight excluding hydrogens is 410 g/mol. The lowest BCUT2D eigenvalue weighted by molar-refractivity contribution is -0.140. The first-order valence-electron chi connectivity index (χ1n) is 10.8. The Kier molecular flexibility index (Phi) is 6.28. The Morgan fingerprint density at radius 3 is 2.72 bits per heavy atom. The monoisotopic (exact) mass is 437 g/mol. The van der Waals surface area contributed by atoms with Gasteiger partial charge in [0.1, 0.15) is 23.5 Å². The highest BCUT2D eigenvalue weighted by molar-refractivity contribution is 6.44. The number of nitrogens with zero attached hydrogens (tertiary/aromatic N) is 1. The summed E-state index contributed by atoms with van der Waals surface area (Å²) < 4.78 is 16.2. The number of Topliss-reactive ketones (excluding diaryl/α,β-unsaturated/α-hetero) is 2. The molecule has 2 heterocycles. The largest absolute Gasteiger partial charge is 0.497 e. The molecule has 0 aliphatic carbocycles. The van der Waals surface area contributed by atoms with Crippen molar-refractivity contribution in [1.82, 2.24) is 4.90 Å². The molecule has 168 valence electrons. The van der Waals surface area contributed by atoms with Crippen molar-refractivity contribution in [3.63, 3.8) is 0 Å². The predicted octanol–water partition coefficient (Wildman–Crippen LogP) is 3.01. The maximum atomic E-state index is 13.6. The number of methoxy groups -OCH3 is 2. The van der Waals surface area contributed by atoms with Gasteiger partial charge in [0.05, 0.1) is 13.2 Å². The molecule has 1 amide bonds. The summed E-state index contributed by atoms with van der Waals surface area (Å²) in [6.07, 6.45) is 1.31. The molecule has 3 atom stereocenters. The molecule has 0 aromatic heterocycles. The molecule has 0 bridgehead atoms. The van der Waals surface area contributed by atoms with Crippen LogP contribution < -0.4 is 9.47 Å². The van der Waals surface area contributed by atoms with Gasteiger partial charge in [-0.25, -0.2) is 0 Å². The summed E-state index contributed by atoms with van der Waals surface area (Å²) in [5.41, 5.74) is 2.05. The van der Waals surface area contributed by atoms with Gasteiger partial charge in [-0.2, -0.15) is 0 Å². The van der Waals surface area contributed by atoms with Gasteiger partial charge in [-0.15, -0.1) is 0 Å². The van der Waals surface area contributed by atoms with E-state index in [-0.39, 0.29) is 11.9 Å². The van der Waals surface area contributed by atoms with Crippen molar-refractivity contribution >= 4 is 17.5 Å². The lowest BCUT2D eigenvalue weighted by Crippen LogP contribution is -2.32. The highest BCUT2D eigenvalue weighted by atomic mass is 16.5. The molecule has 7 heteroatoms. The predicted molar refractivity (Wildman–Crippen MR) is 117 cm³/mol. The number of carbonyl (C=O) groups is 3. The second kappa shape index (κ2) is 9.12. The summed E-state index contributed by atoms with van der Waals surface area (Å²) in [5, 5.41) is 0. The van der Waals surface area contributed by atoms with Crippen LogP contribution in [0.15, 0.2) is 42.5 Å². The molecule has 0 spiro atoms. The molecule has 1 fully saturated rings. The molecule has 32 heavy (non-hydrogen) atoms. The molecule has 3 unspecified atom stereocenters. The Morgan fingerprint density at radius 1 is 1.16 bits per heavy atom. The average molecular weight is 437 g/mol. The van der Waals surface area contributed by atoms with Gasteiger partial charge in [0.2, 0.25) is 5.78 Å². The topological polar surface area (TPSA) is 82.1 Å². The number of ether oxygens (including phenoxy) is 3. The van der Waals surface area contributed by atoms with Crippen LogP contribution in [0.1, 0.15) is 40.9 Å². The Labute approximate surface area is 187 Å². The van der Waals surface area contributed by atoms with E-state index in [1.165, 1.54) is 4.90 Å². The third-order valence-corrected chi connectivity index (χ3v) is 6.05. The quantitative estimate of drug-likeness (QED) is 0.273. The second-order valence-corrected chi connectivity index (χ2v) is 8.23. The van der Waals surface area contributed by atoms with E-state index >= 15 is 0 Å². The molecule has 1 saturated heterocycles. The van der Waals surface area contributed by atoms with Gasteiger partial charge < -0.3 is 19.1 Å². The number of carbonyl (C=O) groups excluding carboxylic acids is 3. The van der Waals surface area contributed by atoms with Crippen molar-refractivity contribution in [2.24, 2.45) is 5.92 Å². The summed E-state index contributed by atoms with van der Waals surface area (Å²) in [7, 11) is 3.14. The van der Waals surface area contributed by atoms with E-state index in [4.69, 9.17) is 14.2 Å². The minimum absolute atomic E-state index is 0.0471. The van der Waals surface area contributed by atoms with Gasteiger partial charge in [0, 0.05) is 32.2 Å². The third-order valence-electron chi connectivity index (χ3n) is 6.05. The summed E-state index contributed by atoms with van der Waals surface area (Å²) in [5.74, 6) is -1.42. The zero-order valence-electron chi connectivity index (χ0n) is 18.5. The lowest BCUT2D eigenvalue weighted by Gasteiger charge is -2.27. The van der Waals surface area contributed by atoms with Gasteiger partial charge >= 0.3 is 0 Å². The molecule has 4 rings (SSSR count). The van der Waals surface area contributed by atoms with Gasteiger partial charge in [-0.3, -0.25) is 14.4 Å². The van der Waals surface area contributed by atoms with E-state index in [1.54, 1.807) is 50.6 Å². The van der Waals surface area contributed by atoms with Crippen LogP contribution in [-0.4, -0.2) is 55.8 Å². The number of benzene rings is 2. The smallest absolute Gasteiger partial charge is 0.291 e. The summed E-state index contributed by atoms with van der Waals surface area (Å²) in [4.78, 5) is 41.1. The summed E-state index contributed by atoms with van der Waals surface area (Å²) in [6.45, 7) is 2.74. The Morgan fingerprint density at radius 2 is 1.97 bits per heavy atom. The number of likely N-dealkylation sites (tertiary alicyclic amines) is 1. The number of ketones is 2. The van der Waals surface area contributed by atoms with E-state index in [1.807, 2.05) is 13.0 Å². The van der Waals surface area contributed by atoms with Crippen LogP contribution in [0.4, 0.5) is 0 Å². The van der Waals surface area contributed by atoms with Crippen LogP contribution in [0.2, 0.25) is 0 Å². The van der Waals surface area contributed by atoms with E-state index in [0.29, 0.717) is 42.9 Å². The van der Waals surface area contributed by atoms with Crippen molar-refractivity contribution in [2.45, 2.75) is 31.9 Å². The maximum absolute atomic E-state index is 13.6. The van der Waals surface area contributed by atoms with Crippen molar-refractivity contribution < 1.29 is 28.6 Å². The molecule has 0 radical (unpaired) electrons. The van der Waals surface area contributed by atoms with E-state index in [0.717, 1.165) is 11.3 Å². The van der Waals surface area contributed by atoms with Crippen LogP contribution in [-0.2, 0) is 20.7 Å². The van der Waals surface area contributed by atoms with E-state index < -0.39 is 23.7 Å². The fourth-order valence-electron chi connectivity index (χ4n) is 4.56. The van der Waals surface area contributed by atoms with Crippen LogP contribution in [0.3, 0.4) is 0 Å². The Hall–Kier alpha value is -3.19. The molecule has 2 aliphatic rings. The standard InChI is InChI=1S/C25H27NO6/c1-15-12-18-13-17(8-9-20(18)32-15)23(27)21-22(16-6-4-7-19(14-16)31-3)26(10-5-11-30-2)25(29)24(21)28/h4,6-9,13-15,21-22H,5,10-12H2,1-3H3. The lowest BCUT2D eigenvalue weighted by atomic mass is 9.85. The molecule has 0 saturated carbocycles. The van der Waals surface area contributed by atoms with Crippen LogP contribution in [0, 0.1) is 5.92 Å². The molecule has 0 N–H and O–H groups in total. The number of fused-ring (bicyclic) bond motifs is 1. The average Bonchev–Trinajstić information content (AvgIpc) is 3.29. The van der Waals surface area contributed by atoms with Crippen molar-refractivity contribution in [1.29, 1.82) is 0 Å². The van der Waals surface area contributed by atoms with Crippen LogP contribution >= 0.6 is 0 Å². The van der Waals surface area contributed by atoms with Crippen LogP contribution in [0.25, 0.3) is 0 Å². The molecule has 2 aromatic rings. The fourth-order valence-corrected chi connectivity index (χ4v) is 4.56. The molecule has 2 aliphatic heterocycles. The molecular formula is C25H27NO6. The second-order valence-electron chi connectivity index (χ2n) is 8.23. The Bertz CT molecular complexity index is 1050. The van der Waals surface area contributed by atoms with Crippen molar-refractivity contribution in [3.05, 3.63) is 59.2 Å². The SMILES string of the molecule is COCCCN1C(=O)C(=O)C(C(=O)c2ccc3c(c2)CC(C)O3)C1c1cccc(OC)c1. The minimum atomic E-state index is -1.12. The third kappa shape index (κ3) is 4.00. The molecule has 7 nitrogen and oxygen atoms in total.